The molecule has 0 heterocycles. The van der Waals surface area contributed by atoms with Crippen LogP contribution in [0.25, 0.3) is 0 Å². The normalized spacial score (nSPS) is 11.5. The highest BCUT2D eigenvalue weighted by atomic mass is 16.5. The summed E-state index contributed by atoms with van der Waals surface area (Å²) in [5, 5.41) is 0. The smallest absolute Gasteiger partial charge is 0.0784 e. The molecule has 0 aliphatic carbocycles. The summed E-state index contributed by atoms with van der Waals surface area (Å²) in [4.78, 5) is 0. The Morgan fingerprint density at radius 1 is 0.923 bits per heavy atom. The van der Waals surface area contributed by atoms with E-state index >= 15 is 0 Å². The van der Waals surface area contributed by atoms with Crippen molar-refractivity contribution in [3.8, 4) is 0 Å². The largest absolute Gasteiger partial charge is 0.505 e. The minimum absolute atomic E-state index is 1.08. The van der Waals surface area contributed by atoms with E-state index in [-0.39, 0.29) is 0 Å². The lowest BCUT2D eigenvalue weighted by molar-refractivity contribution is 0.336. The standard InChI is InChI=1S/C12H22O/c1-3-4-5-6-7-8-9-10-11-12-13-2/h7-8,11-12H,3-6,9-10H2,1-2H3/b8-7-,12-11+. The van der Waals surface area contributed by atoms with E-state index in [4.69, 9.17) is 4.74 Å². The molecule has 0 radical (unpaired) electrons. The fraction of sp³-hybridized carbons (Fsp3) is 0.667. The van der Waals surface area contributed by atoms with E-state index < -0.39 is 0 Å². The van der Waals surface area contributed by atoms with E-state index in [1.165, 1.54) is 25.7 Å². The van der Waals surface area contributed by atoms with Crippen LogP contribution in [-0.4, -0.2) is 7.11 Å². The fourth-order valence-electron chi connectivity index (χ4n) is 1.10. The molecular weight excluding hydrogens is 160 g/mol. The van der Waals surface area contributed by atoms with Gasteiger partial charge in [0.15, 0.2) is 0 Å². The van der Waals surface area contributed by atoms with E-state index in [1.807, 2.05) is 0 Å². The molecule has 1 heteroatoms. The molecule has 0 rings (SSSR count). The Hall–Kier alpha value is -0.720. The average molecular weight is 182 g/mol. The summed E-state index contributed by atoms with van der Waals surface area (Å²) in [6, 6.07) is 0. The van der Waals surface area contributed by atoms with Crippen molar-refractivity contribution in [2.24, 2.45) is 0 Å². The predicted molar refractivity (Wildman–Crippen MR) is 58.7 cm³/mol. The van der Waals surface area contributed by atoms with E-state index in [1.54, 1.807) is 13.4 Å². The molecular formula is C12H22O. The monoisotopic (exact) mass is 182 g/mol. The second-order valence-corrected chi connectivity index (χ2v) is 3.15. The molecule has 1 nitrogen and oxygen atoms in total. The number of rotatable bonds is 8. The number of hydrogen-bond donors (Lipinski definition) is 0. The summed E-state index contributed by atoms with van der Waals surface area (Å²) in [5.41, 5.74) is 0. The number of methoxy groups -OCH3 is 1. The maximum atomic E-state index is 4.80. The fourth-order valence-corrected chi connectivity index (χ4v) is 1.10. The van der Waals surface area contributed by atoms with Crippen LogP contribution in [0.2, 0.25) is 0 Å². The highest BCUT2D eigenvalue weighted by molar-refractivity contribution is 4.85. The zero-order chi connectivity index (χ0) is 9.78. The van der Waals surface area contributed by atoms with Gasteiger partial charge in [0, 0.05) is 0 Å². The van der Waals surface area contributed by atoms with Gasteiger partial charge in [-0.3, -0.25) is 0 Å². The summed E-state index contributed by atoms with van der Waals surface area (Å²) < 4.78 is 4.80. The molecule has 0 bridgehead atoms. The van der Waals surface area contributed by atoms with Gasteiger partial charge >= 0.3 is 0 Å². The Morgan fingerprint density at radius 3 is 2.31 bits per heavy atom. The zero-order valence-corrected chi connectivity index (χ0v) is 8.96. The number of ether oxygens (including phenoxy) is 1. The second-order valence-electron chi connectivity index (χ2n) is 3.15. The van der Waals surface area contributed by atoms with Gasteiger partial charge in [-0.2, -0.15) is 0 Å². The van der Waals surface area contributed by atoms with Crippen molar-refractivity contribution >= 4 is 0 Å². The number of allylic oxidation sites excluding steroid dienone is 3. The van der Waals surface area contributed by atoms with Gasteiger partial charge in [0.2, 0.25) is 0 Å². The van der Waals surface area contributed by atoms with Gasteiger partial charge in [0.05, 0.1) is 13.4 Å². The van der Waals surface area contributed by atoms with Crippen LogP contribution in [0.15, 0.2) is 24.5 Å². The molecule has 0 aromatic carbocycles. The van der Waals surface area contributed by atoms with Crippen LogP contribution in [0.1, 0.15) is 45.4 Å². The Morgan fingerprint density at radius 2 is 1.62 bits per heavy atom. The average Bonchev–Trinajstić information content (AvgIpc) is 2.16. The Balaban J connectivity index is 3.07. The number of unbranched alkanes of at least 4 members (excludes halogenated alkanes) is 4. The van der Waals surface area contributed by atoms with Crippen molar-refractivity contribution in [3.63, 3.8) is 0 Å². The summed E-state index contributed by atoms with van der Waals surface area (Å²) in [6.45, 7) is 2.24. The third kappa shape index (κ3) is 11.3. The minimum atomic E-state index is 1.08. The van der Waals surface area contributed by atoms with E-state index in [9.17, 15) is 0 Å². The lowest BCUT2D eigenvalue weighted by atomic mass is 10.2. The van der Waals surface area contributed by atoms with Crippen molar-refractivity contribution in [2.75, 3.05) is 7.11 Å². The third-order valence-corrected chi connectivity index (χ3v) is 1.87. The van der Waals surface area contributed by atoms with E-state index in [0.717, 1.165) is 12.8 Å². The zero-order valence-electron chi connectivity index (χ0n) is 8.96. The molecule has 0 unspecified atom stereocenters. The lowest BCUT2D eigenvalue weighted by Crippen LogP contribution is -1.71. The first kappa shape index (κ1) is 12.3. The van der Waals surface area contributed by atoms with Crippen molar-refractivity contribution in [2.45, 2.75) is 45.4 Å². The topological polar surface area (TPSA) is 9.23 Å². The van der Waals surface area contributed by atoms with Gasteiger partial charge in [0.25, 0.3) is 0 Å². The summed E-state index contributed by atoms with van der Waals surface area (Å²) >= 11 is 0. The van der Waals surface area contributed by atoms with Crippen LogP contribution in [0.5, 0.6) is 0 Å². The summed E-state index contributed by atoms with van der Waals surface area (Å²) in [6.07, 6.45) is 15.8. The molecule has 0 aromatic rings. The molecule has 0 saturated heterocycles. The second kappa shape index (κ2) is 11.3. The molecule has 0 fully saturated rings. The first-order valence-corrected chi connectivity index (χ1v) is 5.24. The van der Waals surface area contributed by atoms with Crippen LogP contribution >= 0.6 is 0 Å². The van der Waals surface area contributed by atoms with E-state index in [0.29, 0.717) is 0 Å². The molecule has 0 atom stereocenters. The molecule has 0 N–H and O–H groups in total. The highest BCUT2D eigenvalue weighted by Gasteiger charge is 1.81. The van der Waals surface area contributed by atoms with Crippen molar-refractivity contribution in [1.82, 2.24) is 0 Å². The Kier molecular flexibility index (Phi) is 10.7. The van der Waals surface area contributed by atoms with Gasteiger partial charge in [-0.1, -0.05) is 31.9 Å². The van der Waals surface area contributed by atoms with Crippen LogP contribution in [-0.2, 0) is 4.74 Å². The van der Waals surface area contributed by atoms with Crippen LogP contribution in [0.4, 0.5) is 0 Å². The predicted octanol–water partition coefficient (Wildman–Crippen LogP) is 4.06. The summed E-state index contributed by atoms with van der Waals surface area (Å²) in [7, 11) is 1.68. The molecule has 0 aliphatic heterocycles. The lowest BCUT2D eigenvalue weighted by Gasteiger charge is -1.91. The maximum Gasteiger partial charge on any atom is 0.0784 e. The Bertz CT molecular complexity index is 136. The highest BCUT2D eigenvalue weighted by Crippen LogP contribution is 2.01. The first-order chi connectivity index (χ1) is 6.41. The third-order valence-electron chi connectivity index (χ3n) is 1.87. The molecule has 13 heavy (non-hydrogen) atoms. The number of hydrogen-bond acceptors (Lipinski definition) is 1. The van der Waals surface area contributed by atoms with Crippen LogP contribution < -0.4 is 0 Å². The maximum absolute atomic E-state index is 4.80. The first-order valence-electron chi connectivity index (χ1n) is 5.24. The van der Waals surface area contributed by atoms with Crippen LogP contribution in [0, 0.1) is 0 Å². The molecule has 76 valence electrons. The molecule has 0 saturated carbocycles. The molecule has 0 aliphatic rings. The summed E-state index contributed by atoms with van der Waals surface area (Å²) in [5.74, 6) is 0. The van der Waals surface area contributed by atoms with Gasteiger partial charge in [0.1, 0.15) is 0 Å². The van der Waals surface area contributed by atoms with Gasteiger partial charge in [-0.05, 0) is 31.8 Å². The van der Waals surface area contributed by atoms with Crippen molar-refractivity contribution < 1.29 is 4.74 Å². The van der Waals surface area contributed by atoms with Crippen LogP contribution in [0.3, 0.4) is 0 Å². The van der Waals surface area contributed by atoms with Gasteiger partial charge in [-0.25, -0.2) is 0 Å². The van der Waals surface area contributed by atoms with Crippen molar-refractivity contribution in [3.05, 3.63) is 24.5 Å². The van der Waals surface area contributed by atoms with Gasteiger partial charge in [-0.15, -0.1) is 0 Å². The molecule has 0 amide bonds. The van der Waals surface area contributed by atoms with Gasteiger partial charge < -0.3 is 4.74 Å². The quantitative estimate of drug-likeness (QED) is 0.312. The molecule has 0 spiro atoms. The SMILES string of the molecule is CCCCC/C=C\CC/C=C/OC. The van der Waals surface area contributed by atoms with Crippen molar-refractivity contribution in [1.29, 1.82) is 0 Å². The minimum Gasteiger partial charge on any atom is -0.505 e. The Labute approximate surface area is 82.5 Å². The molecule has 0 aromatic heterocycles. The van der Waals surface area contributed by atoms with E-state index in [2.05, 4.69) is 25.2 Å².